The van der Waals surface area contributed by atoms with Crippen molar-refractivity contribution in [3.05, 3.63) is 45.8 Å². The van der Waals surface area contributed by atoms with Gasteiger partial charge in [-0.05, 0) is 36.8 Å². The van der Waals surface area contributed by atoms with Crippen LogP contribution in [0.4, 0.5) is 0 Å². The van der Waals surface area contributed by atoms with Crippen LogP contribution in [0.1, 0.15) is 29.9 Å². The number of rotatable bonds is 5. The highest BCUT2D eigenvalue weighted by Gasteiger charge is 2.35. The normalized spacial score (nSPS) is 18.5. The maximum Gasteiger partial charge on any atom is 0.313 e. The molecule has 0 saturated carbocycles. The molecule has 2 atom stereocenters. The summed E-state index contributed by atoms with van der Waals surface area (Å²) in [4.78, 5) is 14.2. The van der Waals surface area contributed by atoms with Crippen LogP contribution in [0.3, 0.4) is 0 Å². The van der Waals surface area contributed by atoms with E-state index in [0.29, 0.717) is 13.2 Å². The molecule has 0 aromatic heterocycles. The Labute approximate surface area is 123 Å². The average Bonchev–Trinajstić information content (AvgIpc) is 2.49. The number of carboxylic acid groups (broad SMARTS) is 1. The first-order valence-corrected chi connectivity index (χ1v) is 7.05. The van der Waals surface area contributed by atoms with E-state index >= 15 is 0 Å². The molecule has 1 aromatic rings. The van der Waals surface area contributed by atoms with E-state index in [1.165, 1.54) is 0 Å². The molecule has 1 saturated heterocycles. The zero-order chi connectivity index (χ0) is 15.2. The smallest absolute Gasteiger partial charge is 0.313 e. The second-order valence-corrected chi connectivity index (χ2v) is 5.37. The summed E-state index contributed by atoms with van der Waals surface area (Å²) in [6.07, 6.45) is 1.56. The van der Waals surface area contributed by atoms with Gasteiger partial charge in [-0.25, -0.2) is 0 Å². The first-order valence-electron chi connectivity index (χ1n) is 7.05. The van der Waals surface area contributed by atoms with Crippen molar-refractivity contribution in [1.82, 2.24) is 0 Å². The maximum atomic E-state index is 11.5. The zero-order valence-corrected chi connectivity index (χ0v) is 12.0. The van der Waals surface area contributed by atoms with E-state index in [2.05, 4.69) is 10.0 Å². The summed E-state index contributed by atoms with van der Waals surface area (Å²) in [5.41, 5.74) is 10.7. The van der Waals surface area contributed by atoms with Crippen molar-refractivity contribution in [2.45, 2.75) is 31.7 Å². The van der Waals surface area contributed by atoms with Crippen LogP contribution in [-0.4, -0.2) is 30.3 Å². The molecule has 1 fully saturated rings. The number of benzene rings is 1. The van der Waals surface area contributed by atoms with Crippen LogP contribution in [0.5, 0.6) is 0 Å². The van der Waals surface area contributed by atoms with Gasteiger partial charge >= 0.3 is 5.97 Å². The third-order valence-electron chi connectivity index (χ3n) is 4.01. The Hall–Kier alpha value is -2.04. The van der Waals surface area contributed by atoms with Crippen LogP contribution in [0.2, 0.25) is 0 Å². The number of carboxylic acids is 1. The average molecular weight is 289 g/mol. The molecule has 1 aliphatic rings. The molecule has 2 rings (SSSR count). The minimum Gasteiger partial charge on any atom is -0.481 e. The summed E-state index contributed by atoms with van der Waals surface area (Å²) in [5.74, 6) is -1.25. The molecule has 0 bridgehead atoms. The fourth-order valence-electron chi connectivity index (χ4n) is 2.91. The topological polar surface area (TPSA) is 95.3 Å². The Bertz CT molecular complexity index is 530. The van der Waals surface area contributed by atoms with Gasteiger partial charge in [-0.3, -0.25) is 4.79 Å². The minimum atomic E-state index is -1.08. The lowest BCUT2D eigenvalue weighted by Gasteiger charge is -2.32. The van der Waals surface area contributed by atoms with Gasteiger partial charge in [0.1, 0.15) is 6.04 Å². The monoisotopic (exact) mass is 289 g/mol. The van der Waals surface area contributed by atoms with Gasteiger partial charge in [-0.15, -0.1) is 0 Å². The number of azide groups is 1. The van der Waals surface area contributed by atoms with Gasteiger partial charge < -0.3 is 9.84 Å². The molecule has 21 heavy (non-hydrogen) atoms. The third kappa shape index (κ3) is 3.74. The SMILES string of the molecule is Cc1ccc([C@@H](C2CCOCC2)[C@H](N=[N+]=[N-])C(=O)O)cc1. The summed E-state index contributed by atoms with van der Waals surface area (Å²) in [7, 11) is 0. The highest BCUT2D eigenvalue weighted by atomic mass is 16.5. The van der Waals surface area contributed by atoms with Crippen LogP contribution < -0.4 is 0 Å². The minimum absolute atomic E-state index is 0.146. The van der Waals surface area contributed by atoms with Gasteiger partial charge in [0, 0.05) is 24.0 Å². The number of aryl methyl sites for hydroxylation is 1. The number of carbonyl (C=O) groups is 1. The van der Waals surface area contributed by atoms with Crippen LogP contribution in [-0.2, 0) is 9.53 Å². The first kappa shape index (κ1) is 15.4. The van der Waals surface area contributed by atoms with E-state index in [1.807, 2.05) is 31.2 Å². The van der Waals surface area contributed by atoms with Crippen molar-refractivity contribution < 1.29 is 14.6 Å². The number of nitrogens with zero attached hydrogens (tertiary/aromatic N) is 3. The van der Waals surface area contributed by atoms with Gasteiger partial charge in [0.2, 0.25) is 0 Å². The van der Waals surface area contributed by atoms with Gasteiger partial charge in [-0.2, -0.15) is 0 Å². The first-order chi connectivity index (χ1) is 10.1. The Balaban J connectivity index is 2.38. The Kier molecular flexibility index (Phi) is 5.20. The summed E-state index contributed by atoms with van der Waals surface area (Å²) < 4.78 is 5.35. The Morgan fingerprint density at radius 2 is 2.00 bits per heavy atom. The van der Waals surface area contributed by atoms with E-state index in [9.17, 15) is 9.90 Å². The molecule has 1 aromatic carbocycles. The lowest BCUT2D eigenvalue weighted by atomic mass is 9.77. The lowest BCUT2D eigenvalue weighted by Crippen LogP contribution is -2.34. The molecule has 112 valence electrons. The zero-order valence-electron chi connectivity index (χ0n) is 12.0. The fourth-order valence-corrected chi connectivity index (χ4v) is 2.91. The quantitative estimate of drug-likeness (QED) is 0.512. The molecule has 6 heteroatoms. The number of aliphatic carboxylic acids is 1. The number of hydrogen-bond donors (Lipinski definition) is 1. The van der Waals surface area contributed by atoms with Crippen molar-refractivity contribution >= 4 is 5.97 Å². The maximum absolute atomic E-state index is 11.5. The molecular weight excluding hydrogens is 270 g/mol. The lowest BCUT2D eigenvalue weighted by molar-refractivity contribution is -0.139. The number of hydrogen-bond acceptors (Lipinski definition) is 3. The van der Waals surface area contributed by atoms with E-state index in [1.54, 1.807) is 0 Å². The largest absolute Gasteiger partial charge is 0.481 e. The third-order valence-corrected chi connectivity index (χ3v) is 4.01. The second-order valence-electron chi connectivity index (χ2n) is 5.37. The van der Waals surface area contributed by atoms with Crippen LogP contribution in [0, 0.1) is 12.8 Å². The van der Waals surface area contributed by atoms with Crippen LogP contribution in [0.25, 0.3) is 10.4 Å². The molecular formula is C15H19N3O3. The van der Waals surface area contributed by atoms with Crippen molar-refractivity contribution in [2.75, 3.05) is 13.2 Å². The molecule has 6 nitrogen and oxygen atoms in total. The highest BCUT2D eigenvalue weighted by Crippen LogP contribution is 2.36. The van der Waals surface area contributed by atoms with Gasteiger partial charge in [0.15, 0.2) is 0 Å². The summed E-state index contributed by atoms with van der Waals surface area (Å²) in [6, 6.07) is 6.69. The van der Waals surface area contributed by atoms with Gasteiger partial charge in [0.05, 0.1) is 0 Å². The van der Waals surface area contributed by atoms with Crippen LogP contribution >= 0.6 is 0 Å². The van der Waals surface area contributed by atoms with E-state index in [4.69, 9.17) is 10.3 Å². The van der Waals surface area contributed by atoms with Gasteiger partial charge in [0.25, 0.3) is 0 Å². The van der Waals surface area contributed by atoms with Crippen molar-refractivity contribution in [3.63, 3.8) is 0 Å². The van der Waals surface area contributed by atoms with Crippen LogP contribution in [0.15, 0.2) is 29.4 Å². The highest BCUT2D eigenvalue weighted by molar-refractivity contribution is 5.75. The molecule has 0 radical (unpaired) electrons. The Morgan fingerprint density at radius 3 is 2.52 bits per heavy atom. The molecule has 0 amide bonds. The standard InChI is InChI=1S/C15H19N3O3/c1-10-2-4-11(5-3-10)13(12-6-8-21-9-7-12)14(15(19)20)17-18-16/h2-5,12-14H,6-9H2,1H3,(H,19,20)/t13-,14-/m0/s1. The van der Waals surface area contributed by atoms with E-state index < -0.39 is 12.0 Å². The summed E-state index contributed by atoms with van der Waals surface area (Å²) in [6.45, 7) is 3.22. The molecule has 0 aliphatic carbocycles. The fraction of sp³-hybridized carbons (Fsp3) is 0.533. The molecule has 1 heterocycles. The summed E-state index contributed by atoms with van der Waals surface area (Å²) >= 11 is 0. The Morgan fingerprint density at radius 1 is 1.38 bits per heavy atom. The van der Waals surface area contributed by atoms with Crippen molar-refractivity contribution in [2.24, 2.45) is 11.0 Å². The van der Waals surface area contributed by atoms with E-state index in [-0.39, 0.29) is 11.8 Å². The molecule has 0 spiro atoms. The summed E-state index contributed by atoms with van der Waals surface area (Å²) in [5, 5.41) is 13.0. The van der Waals surface area contributed by atoms with E-state index in [0.717, 1.165) is 24.0 Å². The molecule has 1 aliphatic heterocycles. The molecule has 1 N–H and O–H groups in total. The van der Waals surface area contributed by atoms with Gasteiger partial charge in [-0.1, -0.05) is 34.9 Å². The number of ether oxygens (including phenoxy) is 1. The van der Waals surface area contributed by atoms with Crippen molar-refractivity contribution in [1.29, 1.82) is 0 Å². The second kappa shape index (κ2) is 7.11. The molecule has 0 unspecified atom stereocenters. The van der Waals surface area contributed by atoms with Crippen molar-refractivity contribution in [3.8, 4) is 0 Å². The predicted molar refractivity (Wildman–Crippen MR) is 78.0 cm³/mol. The predicted octanol–water partition coefficient (Wildman–Crippen LogP) is 3.27.